The number of likely N-dealkylation sites (tertiary alicyclic amines) is 1. The molecule has 2 fully saturated rings. The van der Waals surface area contributed by atoms with E-state index in [2.05, 4.69) is 30.7 Å². The van der Waals surface area contributed by atoms with Crippen molar-refractivity contribution in [3.63, 3.8) is 0 Å². The first-order valence-corrected chi connectivity index (χ1v) is 20.9. The Balaban J connectivity index is 0.829. The smallest absolute Gasteiger partial charge is 0.471 e. The fourth-order valence-corrected chi connectivity index (χ4v) is 8.03. The summed E-state index contributed by atoms with van der Waals surface area (Å²) in [6, 6.07) is 11.1. The van der Waals surface area contributed by atoms with Crippen molar-refractivity contribution in [3.05, 3.63) is 89.5 Å². The number of aromatic nitrogens is 3. The van der Waals surface area contributed by atoms with E-state index in [4.69, 9.17) is 10.5 Å². The lowest BCUT2D eigenvalue weighted by Gasteiger charge is -2.34. The van der Waals surface area contributed by atoms with E-state index in [9.17, 15) is 46.7 Å². The van der Waals surface area contributed by atoms with E-state index in [0.29, 0.717) is 55.0 Å². The molecule has 2 aromatic carbocycles. The molecular formula is C44H44F4N8O9. The number of Topliss-reactive ketones (excluding diaryl/α,β-unsaturated/α-hetero) is 2. The molecule has 4 heterocycles. The van der Waals surface area contributed by atoms with Crippen LogP contribution in [0.1, 0.15) is 75.2 Å². The van der Waals surface area contributed by atoms with E-state index < -0.39 is 71.4 Å². The van der Waals surface area contributed by atoms with Gasteiger partial charge in [-0.05, 0) is 49.1 Å². The number of hydrogen-bond donors (Lipinski definition) is 4. The average molecular weight is 905 g/mol. The number of nitrogens with two attached hydrogens (primary N) is 1. The maximum absolute atomic E-state index is 15.3. The van der Waals surface area contributed by atoms with Crippen LogP contribution >= 0.6 is 0 Å². The topological polar surface area (TPSA) is 234 Å². The van der Waals surface area contributed by atoms with Gasteiger partial charge >= 0.3 is 6.36 Å². The molecule has 0 spiro atoms. The zero-order valence-electron chi connectivity index (χ0n) is 34.7. The lowest BCUT2D eigenvalue weighted by atomic mass is 9.82. The summed E-state index contributed by atoms with van der Waals surface area (Å²) in [5.41, 5.74) is 7.74. The Labute approximate surface area is 368 Å². The predicted molar refractivity (Wildman–Crippen MR) is 221 cm³/mol. The van der Waals surface area contributed by atoms with Gasteiger partial charge in [0, 0.05) is 74.6 Å². The summed E-state index contributed by atoms with van der Waals surface area (Å²) < 4.78 is 64.1. The number of pyridine rings is 1. The van der Waals surface area contributed by atoms with Crippen molar-refractivity contribution in [2.75, 3.05) is 31.5 Å². The van der Waals surface area contributed by atoms with Crippen LogP contribution in [0.25, 0.3) is 11.3 Å². The van der Waals surface area contributed by atoms with Gasteiger partial charge in [0.15, 0.2) is 17.7 Å². The first-order valence-electron chi connectivity index (χ1n) is 20.9. The van der Waals surface area contributed by atoms with Gasteiger partial charge in [-0.3, -0.25) is 38.9 Å². The standard InChI is InChI=1S/C44H44F4N8O9/c45-30-21-56(36(59)18-24-7-9-26(10-8-24)65-44(46,47)48)17-13-33(30)64-43-29(41(49)62)19-25(20-52-43)32-22-55(23-53-32)16-2-6-34(57)51-15-3-14-50-31-5-1-4-27-37(31)40(61)38(39(27)60)28-11-12-35(58)54-42(28)63/h1,4-5,7-10,19-20,22-23,28,30,33,38,50H,2-3,6,11-18,21H2,(H2,49,62)(H,51,57)(H,54,58,63)/t28?,30-,33-,38?/m1/s1. The van der Waals surface area contributed by atoms with Crippen molar-refractivity contribution in [3.8, 4) is 22.9 Å². The number of halogens is 4. The van der Waals surface area contributed by atoms with Gasteiger partial charge in [-0.1, -0.05) is 24.3 Å². The van der Waals surface area contributed by atoms with E-state index in [1.54, 1.807) is 35.3 Å². The zero-order chi connectivity index (χ0) is 46.4. The lowest BCUT2D eigenvalue weighted by molar-refractivity contribution is -0.274. The van der Waals surface area contributed by atoms with Crippen LogP contribution in [0.3, 0.4) is 0 Å². The molecule has 7 rings (SSSR count). The van der Waals surface area contributed by atoms with Gasteiger partial charge in [-0.15, -0.1) is 13.2 Å². The molecule has 2 unspecified atom stereocenters. The van der Waals surface area contributed by atoms with Gasteiger partial charge in [0.2, 0.25) is 29.5 Å². The fraction of sp³-hybridized carbons (Fsp3) is 0.386. The number of alkyl halides is 4. The Morgan fingerprint density at radius 3 is 2.48 bits per heavy atom. The molecule has 17 nitrogen and oxygen atoms in total. The first-order chi connectivity index (χ1) is 31.0. The molecule has 2 aromatic heterocycles. The zero-order valence-corrected chi connectivity index (χ0v) is 34.7. The number of carbonyl (C=O) groups excluding carboxylic acids is 7. The van der Waals surface area contributed by atoms with E-state index in [1.165, 1.54) is 29.3 Å². The molecule has 5 amide bonds. The van der Waals surface area contributed by atoms with Crippen LogP contribution in [-0.2, 0) is 32.1 Å². The quantitative estimate of drug-likeness (QED) is 0.0511. The highest BCUT2D eigenvalue weighted by atomic mass is 19.4. The summed E-state index contributed by atoms with van der Waals surface area (Å²) in [6.45, 7) is 0.961. The summed E-state index contributed by atoms with van der Waals surface area (Å²) >= 11 is 0. The van der Waals surface area contributed by atoms with Crippen molar-refractivity contribution < 1.29 is 60.6 Å². The second-order valence-electron chi connectivity index (χ2n) is 15.8. The number of nitrogens with zero attached hydrogens (tertiary/aromatic N) is 4. The Morgan fingerprint density at radius 2 is 1.75 bits per heavy atom. The van der Waals surface area contributed by atoms with Crippen LogP contribution in [0, 0.1) is 11.8 Å². The molecular weight excluding hydrogens is 861 g/mol. The fourth-order valence-electron chi connectivity index (χ4n) is 8.03. The number of hydrogen-bond acceptors (Lipinski definition) is 12. The third-order valence-electron chi connectivity index (χ3n) is 11.3. The number of imidazole rings is 1. The van der Waals surface area contributed by atoms with E-state index in [-0.39, 0.29) is 73.7 Å². The Bertz CT molecular complexity index is 2500. The van der Waals surface area contributed by atoms with Gasteiger partial charge < -0.3 is 35.3 Å². The third kappa shape index (κ3) is 11.1. The average Bonchev–Trinajstić information content (AvgIpc) is 3.83. The molecule has 2 aliphatic heterocycles. The van der Waals surface area contributed by atoms with Crippen molar-refractivity contribution >= 4 is 46.8 Å². The summed E-state index contributed by atoms with van der Waals surface area (Å²) in [5, 5.41) is 8.24. The molecule has 0 bridgehead atoms. The summed E-state index contributed by atoms with van der Waals surface area (Å²) in [7, 11) is 0. The highest BCUT2D eigenvalue weighted by molar-refractivity contribution is 6.30. The number of fused-ring (bicyclic) bond motifs is 1. The minimum Gasteiger partial charge on any atom is -0.471 e. The molecule has 4 atom stereocenters. The van der Waals surface area contributed by atoms with Crippen molar-refractivity contribution in [1.29, 1.82) is 0 Å². The highest BCUT2D eigenvalue weighted by Gasteiger charge is 2.48. The number of ketones is 2. The molecule has 21 heteroatoms. The number of imide groups is 1. The Kier molecular flexibility index (Phi) is 13.9. The predicted octanol–water partition coefficient (Wildman–Crippen LogP) is 3.95. The van der Waals surface area contributed by atoms with Gasteiger partial charge in [-0.25, -0.2) is 14.4 Å². The van der Waals surface area contributed by atoms with Crippen molar-refractivity contribution in [1.82, 2.24) is 30.1 Å². The number of piperidine rings is 2. The lowest BCUT2D eigenvalue weighted by Crippen LogP contribution is -2.49. The number of amides is 5. The number of anilines is 1. The van der Waals surface area contributed by atoms with Crippen molar-refractivity contribution in [2.24, 2.45) is 17.6 Å². The van der Waals surface area contributed by atoms with E-state index in [1.807, 2.05) is 0 Å². The van der Waals surface area contributed by atoms with Gasteiger partial charge in [0.25, 0.3) is 5.91 Å². The maximum Gasteiger partial charge on any atom is 0.573 e. The largest absolute Gasteiger partial charge is 0.573 e. The normalized spacial score (nSPS) is 19.7. The van der Waals surface area contributed by atoms with E-state index >= 15 is 4.39 Å². The number of aryl methyl sites for hydroxylation is 1. The molecule has 65 heavy (non-hydrogen) atoms. The molecule has 3 aliphatic rings. The molecule has 342 valence electrons. The van der Waals surface area contributed by atoms with Gasteiger partial charge in [0.1, 0.15) is 17.4 Å². The molecule has 5 N–H and O–H groups in total. The summed E-state index contributed by atoms with van der Waals surface area (Å²) in [5.74, 6) is -6.11. The minimum atomic E-state index is -4.85. The second-order valence-corrected chi connectivity index (χ2v) is 15.8. The summed E-state index contributed by atoms with van der Waals surface area (Å²) in [4.78, 5) is 98.3. The maximum atomic E-state index is 15.3. The molecule has 0 radical (unpaired) electrons. The number of nitrogens with one attached hydrogen (secondary N) is 3. The van der Waals surface area contributed by atoms with Crippen LogP contribution in [0.5, 0.6) is 11.6 Å². The highest BCUT2D eigenvalue weighted by Crippen LogP contribution is 2.38. The Hall–Kier alpha value is -7.19. The van der Waals surface area contributed by atoms with Gasteiger partial charge in [0.05, 0.1) is 42.4 Å². The minimum absolute atomic E-state index is 0.0588. The van der Waals surface area contributed by atoms with Crippen molar-refractivity contribution in [2.45, 2.75) is 70.1 Å². The number of primary amides is 1. The SMILES string of the molecule is NC(=O)c1cc(-c2cn(CCCC(=O)NCCCNc3cccc4c3C(=O)C(C3CCC(=O)NC3=O)C4=O)cn2)cnc1O[C@@H]1CCN(C(=O)Cc2ccc(OC(F)(F)F)cc2)C[C@H]1F. The van der Waals surface area contributed by atoms with Crippen LogP contribution in [-0.4, -0.2) is 105 Å². The number of rotatable bonds is 17. The number of carbonyl (C=O) groups is 7. The first kappa shape index (κ1) is 45.8. The summed E-state index contributed by atoms with van der Waals surface area (Å²) in [6.07, 6.45) is -1.63. The van der Waals surface area contributed by atoms with Crippen LogP contribution in [0.4, 0.5) is 23.2 Å². The van der Waals surface area contributed by atoms with Crippen LogP contribution < -0.4 is 31.2 Å². The number of benzene rings is 2. The third-order valence-corrected chi connectivity index (χ3v) is 11.3. The Morgan fingerprint density at radius 1 is 0.969 bits per heavy atom. The van der Waals surface area contributed by atoms with E-state index in [0.717, 1.165) is 12.1 Å². The monoisotopic (exact) mass is 904 g/mol. The molecule has 0 saturated carbocycles. The van der Waals surface area contributed by atoms with Gasteiger partial charge in [-0.2, -0.15) is 0 Å². The second kappa shape index (κ2) is 19.7. The van der Waals surface area contributed by atoms with Crippen LogP contribution in [0.15, 0.2) is 67.3 Å². The number of ether oxygens (including phenoxy) is 2. The molecule has 1 aliphatic carbocycles. The molecule has 4 aromatic rings. The molecule has 2 saturated heterocycles. The van der Waals surface area contributed by atoms with Crippen LogP contribution in [0.2, 0.25) is 0 Å².